The largest absolute Gasteiger partial charge is 0.493 e. The summed E-state index contributed by atoms with van der Waals surface area (Å²) >= 11 is 0. The Morgan fingerprint density at radius 1 is 0.955 bits per heavy atom. The molecule has 0 fully saturated rings. The van der Waals surface area contributed by atoms with Crippen molar-refractivity contribution in [1.29, 1.82) is 0 Å². The van der Waals surface area contributed by atoms with Crippen LogP contribution in [0.2, 0.25) is 0 Å². The molecular weight excluding hydrogens is 285 g/mol. The summed E-state index contributed by atoms with van der Waals surface area (Å²) in [5.41, 5.74) is 1.45. The Morgan fingerprint density at radius 3 is 2.32 bits per heavy atom. The van der Waals surface area contributed by atoms with Gasteiger partial charge in [0.25, 0.3) is 0 Å². The summed E-state index contributed by atoms with van der Waals surface area (Å²) < 4.78 is 23.6. The van der Waals surface area contributed by atoms with E-state index >= 15 is 0 Å². The summed E-state index contributed by atoms with van der Waals surface area (Å²) in [6.45, 7) is 0. The number of fused-ring (bicyclic) bond motifs is 1. The van der Waals surface area contributed by atoms with Crippen LogP contribution in [-0.2, 0) is 0 Å². The molecule has 112 valence electrons. The number of halogens is 1. The number of methoxy groups -OCH3 is 2. The maximum absolute atomic E-state index is 13.0. The SMILES string of the molecule is COc1cc2ncnc(Nc3ccc(F)cc3)c2cc1OC. The normalized spacial score (nSPS) is 10.5. The molecule has 5 nitrogen and oxygen atoms in total. The Bertz CT molecular complexity index is 806. The van der Waals surface area contributed by atoms with E-state index in [1.54, 1.807) is 38.5 Å². The second kappa shape index (κ2) is 5.85. The molecule has 1 N–H and O–H groups in total. The Kier molecular flexibility index (Phi) is 3.74. The number of hydrogen-bond acceptors (Lipinski definition) is 5. The van der Waals surface area contributed by atoms with E-state index in [1.807, 2.05) is 0 Å². The minimum atomic E-state index is -0.287. The molecule has 0 radical (unpaired) electrons. The van der Waals surface area contributed by atoms with E-state index in [9.17, 15) is 4.39 Å². The highest BCUT2D eigenvalue weighted by atomic mass is 19.1. The van der Waals surface area contributed by atoms with Gasteiger partial charge in [-0.05, 0) is 30.3 Å². The van der Waals surface area contributed by atoms with E-state index in [4.69, 9.17) is 9.47 Å². The minimum absolute atomic E-state index is 0.287. The molecule has 0 spiro atoms. The van der Waals surface area contributed by atoms with Crippen LogP contribution >= 0.6 is 0 Å². The molecule has 0 atom stereocenters. The fourth-order valence-corrected chi connectivity index (χ4v) is 2.15. The Morgan fingerprint density at radius 2 is 1.64 bits per heavy atom. The molecule has 0 unspecified atom stereocenters. The first-order valence-electron chi connectivity index (χ1n) is 6.60. The first kappa shape index (κ1) is 14.1. The fourth-order valence-electron chi connectivity index (χ4n) is 2.15. The van der Waals surface area contributed by atoms with Crippen molar-refractivity contribution < 1.29 is 13.9 Å². The highest BCUT2D eigenvalue weighted by Crippen LogP contribution is 2.34. The molecule has 3 rings (SSSR count). The van der Waals surface area contributed by atoms with Gasteiger partial charge in [0.15, 0.2) is 11.5 Å². The van der Waals surface area contributed by atoms with Gasteiger partial charge >= 0.3 is 0 Å². The molecule has 0 aliphatic rings. The summed E-state index contributed by atoms with van der Waals surface area (Å²) in [5, 5.41) is 3.93. The highest BCUT2D eigenvalue weighted by molar-refractivity contribution is 5.93. The summed E-state index contributed by atoms with van der Waals surface area (Å²) in [4.78, 5) is 8.48. The van der Waals surface area contributed by atoms with Crippen LogP contribution in [0.1, 0.15) is 0 Å². The van der Waals surface area contributed by atoms with Crippen LogP contribution < -0.4 is 14.8 Å². The number of rotatable bonds is 4. The molecule has 0 saturated heterocycles. The van der Waals surface area contributed by atoms with Crippen molar-refractivity contribution in [2.75, 3.05) is 19.5 Å². The summed E-state index contributed by atoms with van der Waals surface area (Å²) in [6.07, 6.45) is 1.46. The molecule has 0 bridgehead atoms. The van der Waals surface area contributed by atoms with Crippen molar-refractivity contribution in [3.63, 3.8) is 0 Å². The Hall–Kier alpha value is -2.89. The number of anilines is 2. The van der Waals surface area contributed by atoms with Crippen molar-refractivity contribution in [1.82, 2.24) is 9.97 Å². The van der Waals surface area contributed by atoms with Gasteiger partial charge in [0.2, 0.25) is 0 Å². The van der Waals surface area contributed by atoms with Crippen LogP contribution in [0.25, 0.3) is 10.9 Å². The van der Waals surface area contributed by atoms with Gasteiger partial charge < -0.3 is 14.8 Å². The predicted octanol–water partition coefficient (Wildman–Crippen LogP) is 3.53. The van der Waals surface area contributed by atoms with Gasteiger partial charge in [0.1, 0.15) is 18.0 Å². The molecule has 3 aromatic rings. The number of benzene rings is 2. The van der Waals surface area contributed by atoms with Crippen molar-refractivity contribution >= 4 is 22.4 Å². The van der Waals surface area contributed by atoms with Crippen molar-refractivity contribution in [2.45, 2.75) is 0 Å². The van der Waals surface area contributed by atoms with Gasteiger partial charge in [0.05, 0.1) is 19.7 Å². The second-order valence-electron chi connectivity index (χ2n) is 4.58. The van der Waals surface area contributed by atoms with E-state index < -0.39 is 0 Å². The average molecular weight is 299 g/mol. The molecule has 22 heavy (non-hydrogen) atoms. The number of nitrogens with one attached hydrogen (secondary N) is 1. The zero-order valence-electron chi connectivity index (χ0n) is 12.1. The lowest BCUT2D eigenvalue weighted by atomic mass is 10.2. The van der Waals surface area contributed by atoms with Crippen molar-refractivity contribution in [2.24, 2.45) is 0 Å². The second-order valence-corrected chi connectivity index (χ2v) is 4.58. The van der Waals surface area contributed by atoms with Crippen LogP contribution in [0.15, 0.2) is 42.7 Å². The molecule has 1 aromatic heterocycles. The fraction of sp³-hybridized carbons (Fsp3) is 0.125. The first-order valence-corrected chi connectivity index (χ1v) is 6.60. The third kappa shape index (κ3) is 2.63. The lowest BCUT2D eigenvalue weighted by molar-refractivity contribution is 0.356. The topological polar surface area (TPSA) is 56.3 Å². The number of hydrogen-bond donors (Lipinski definition) is 1. The van der Waals surface area contributed by atoms with Gasteiger partial charge in [-0.1, -0.05) is 0 Å². The van der Waals surface area contributed by atoms with Crippen LogP contribution in [0.3, 0.4) is 0 Å². The zero-order valence-corrected chi connectivity index (χ0v) is 12.1. The van der Waals surface area contributed by atoms with E-state index in [0.29, 0.717) is 17.3 Å². The van der Waals surface area contributed by atoms with E-state index in [0.717, 1.165) is 16.6 Å². The smallest absolute Gasteiger partial charge is 0.162 e. The minimum Gasteiger partial charge on any atom is -0.493 e. The van der Waals surface area contributed by atoms with Gasteiger partial charge in [-0.2, -0.15) is 0 Å². The molecule has 0 amide bonds. The average Bonchev–Trinajstić information content (AvgIpc) is 2.56. The monoisotopic (exact) mass is 299 g/mol. The number of aromatic nitrogens is 2. The maximum Gasteiger partial charge on any atom is 0.162 e. The quantitative estimate of drug-likeness (QED) is 0.798. The van der Waals surface area contributed by atoms with Gasteiger partial charge in [-0.15, -0.1) is 0 Å². The van der Waals surface area contributed by atoms with Crippen molar-refractivity contribution in [3.05, 3.63) is 48.5 Å². The molecule has 2 aromatic carbocycles. The lowest BCUT2D eigenvalue weighted by Crippen LogP contribution is -1.98. The lowest BCUT2D eigenvalue weighted by Gasteiger charge is -2.12. The zero-order chi connectivity index (χ0) is 15.5. The van der Waals surface area contributed by atoms with Crippen LogP contribution in [-0.4, -0.2) is 24.2 Å². The standard InChI is InChI=1S/C16H14FN3O2/c1-21-14-7-12-13(8-15(14)22-2)18-9-19-16(12)20-11-5-3-10(17)4-6-11/h3-9H,1-2H3,(H,18,19,20). The summed E-state index contributed by atoms with van der Waals surface area (Å²) in [6, 6.07) is 9.64. The van der Waals surface area contributed by atoms with Crippen molar-refractivity contribution in [3.8, 4) is 11.5 Å². The molecule has 1 heterocycles. The van der Waals surface area contributed by atoms with Crippen LogP contribution in [0.4, 0.5) is 15.9 Å². The number of ether oxygens (including phenoxy) is 2. The Labute approximate surface area is 126 Å². The summed E-state index contributed by atoms with van der Waals surface area (Å²) in [7, 11) is 3.14. The van der Waals surface area contributed by atoms with Gasteiger partial charge in [0, 0.05) is 17.1 Å². The van der Waals surface area contributed by atoms with E-state index in [1.165, 1.54) is 18.5 Å². The molecule has 6 heteroatoms. The predicted molar refractivity (Wildman–Crippen MR) is 82.3 cm³/mol. The number of nitrogens with zero attached hydrogens (tertiary/aromatic N) is 2. The van der Waals surface area contributed by atoms with Gasteiger partial charge in [-0.3, -0.25) is 0 Å². The van der Waals surface area contributed by atoms with Crippen LogP contribution in [0.5, 0.6) is 11.5 Å². The van der Waals surface area contributed by atoms with E-state index in [-0.39, 0.29) is 5.82 Å². The van der Waals surface area contributed by atoms with Crippen LogP contribution in [0, 0.1) is 5.82 Å². The highest BCUT2D eigenvalue weighted by Gasteiger charge is 2.11. The van der Waals surface area contributed by atoms with Gasteiger partial charge in [-0.25, -0.2) is 14.4 Å². The Balaban J connectivity index is 2.07. The molecule has 0 aliphatic heterocycles. The first-order chi connectivity index (χ1) is 10.7. The third-order valence-corrected chi connectivity index (χ3v) is 3.25. The third-order valence-electron chi connectivity index (χ3n) is 3.25. The molecule has 0 saturated carbocycles. The molecule has 0 aliphatic carbocycles. The maximum atomic E-state index is 13.0. The molecular formula is C16H14FN3O2. The van der Waals surface area contributed by atoms with E-state index in [2.05, 4.69) is 15.3 Å². The summed E-state index contributed by atoms with van der Waals surface area (Å²) in [5.74, 6) is 1.51.